The molecule has 0 aromatic heterocycles. The zero-order valence-corrected chi connectivity index (χ0v) is 10.4. The van der Waals surface area contributed by atoms with E-state index in [1.165, 1.54) is 0 Å². The fraction of sp³-hybridized carbons (Fsp3) is 0.818. The second-order valence-corrected chi connectivity index (χ2v) is 6.11. The summed E-state index contributed by atoms with van der Waals surface area (Å²) >= 11 is 0. The number of unbranched alkanes of at least 4 members (excludes halogenated alkanes) is 2. The lowest BCUT2D eigenvalue weighted by Gasteiger charge is -2.12. The van der Waals surface area contributed by atoms with Crippen LogP contribution in [0.15, 0.2) is 0 Å². The summed E-state index contributed by atoms with van der Waals surface area (Å²) in [6, 6.07) is 0.0285. The predicted molar refractivity (Wildman–Crippen MR) is 64.5 cm³/mol. The van der Waals surface area contributed by atoms with Crippen LogP contribution in [-0.4, -0.2) is 32.5 Å². The smallest absolute Gasteiger partial charge is 0.151 e. The Hall–Kier alpha value is -0.530. The zero-order chi connectivity index (χ0) is 11.7. The van der Waals surface area contributed by atoms with Crippen molar-refractivity contribution in [3.63, 3.8) is 0 Å². The monoisotopic (exact) mass is 231 g/mol. The zero-order valence-electron chi connectivity index (χ0n) is 9.62. The van der Waals surface area contributed by atoms with E-state index < -0.39 is 9.84 Å². The van der Waals surface area contributed by atoms with Crippen LogP contribution in [0.4, 0.5) is 0 Å². The van der Waals surface area contributed by atoms with Crippen molar-refractivity contribution in [1.29, 1.82) is 0 Å². The number of terminal acetylenes is 1. The average molecular weight is 231 g/mol. The topological polar surface area (TPSA) is 46.2 Å². The van der Waals surface area contributed by atoms with Crippen molar-refractivity contribution in [1.82, 2.24) is 5.32 Å². The van der Waals surface area contributed by atoms with Crippen LogP contribution in [0.5, 0.6) is 0 Å². The molecule has 0 aromatic rings. The van der Waals surface area contributed by atoms with E-state index in [1.807, 2.05) is 6.92 Å². The van der Waals surface area contributed by atoms with Gasteiger partial charge in [0.2, 0.25) is 0 Å². The summed E-state index contributed by atoms with van der Waals surface area (Å²) in [4.78, 5) is 0. The second kappa shape index (κ2) is 7.72. The SMILES string of the molecule is C#CCCCCNC(C)CS(=O)(=O)CC. The van der Waals surface area contributed by atoms with Gasteiger partial charge in [-0.25, -0.2) is 8.42 Å². The largest absolute Gasteiger partial charge is 0.313 e. The Bertz CT molecular complexity index is 290. The van der Waals surface area contributed by atoms with Gasteiger partial charge in [-0.3, -0.25) is 0 Å². The highest BCUT2D eigenvalue weighted by Crippen LogP contribution is 1.96. The van der Waals surface area contributed by atoms with Crippen LogP contribution in [0.25, 0.3) is 0 Å². The Morgan fingerprint density at radius 3 is 2.60 bits per heavy atom. The normalized spacial score (nSPS) is 13.4. The van der Waals surface area contributed by atoms with Crippen molar-refractivity contribution in [2.24, 2.45) is 0 Å². The third-order valence-electron chi connectivity index (χ3n) is 2.18. The number of hydrogen-bond donors (Lipinski definition) is 1. The number of nitrogens with one attached hydrogen (secondary N) is 1. The molecule has 0 aromatic carbocycles. The number of sulfone groups is 1. The Labute approximate surface area is 93.6 Å². The molecular weight excluding hydrogens is 210 g/mol. The third kappa shape index (κ3) is 8.46. The van der Waals surface area contributed by atoms with Crippen molar-refractivity contribution < 1.29 is 8.42 Å². The minimum atomic E-state index is -2.86. The molecule has 0 heterocycles. The van der Waals surface area contributed by atoms with Crippen LogP contribution in [0, 0.1) is 12.3 Å². The van der Waals surface area contributed by atoms with Gasteiger partial charge in [-0.15, -0.1) is 12.3 Å². The summed E-state index contributed by atoms with van der Waals surface area (Å²) in [7, 11) is -2.86. The first-order chi connectivity index (χ1) is 7.02. The van der Waals surface area contributed by atoms with E-state index in [-0.39, 0.29) is 17.5 Å². The van der Waals surface area contributed by atoms with Crippen LogP contribution >= 0.6 is 0 Å². The summed E-state index contributed by atoms with van der Waals surface area (Å²) < 4.78 is 22.6. The Balaban J connectivity index is 3.59. The fourth-order valence-electron chi connectivity index (χ4n) is 1.26. The van der Waals surface area contributed by atoms with Crippen LogP contribution in [0.1, 0.15) is 33.1 Å². The molecule has 1 N–H and O–H groups in total. The van der Waals surface area contributed by atoms with Gasteiger partial charge in [0.1, 0.15) is 0 Å². The van der Waals surface area contributed by atoms with Gasteiger partial charge >= 0.3 is 0 Å². The van der Waals surface area contributed by atoms with Crippen molar-refractivity contribution in [3.8, 4) is 12.3 Å². The summed E-state index contributed by atoms with van der Waals surface area (Å²) in [6.45, 7) is 4.41. The van der Waals surface area contributed by atoms with Gasteiger partial charge < -0.3 is 5.32 Å². The standard InChI is InChI=1S/C11H21NO2S/c1-4-6-7-8-9-12-11(3)10-15(13,14)5-2/h1,11-12H,5-10H2,2-3H3. The van der Waals surface area contributed by atoms with Crippen LogP contribution in [0.2, 0.25) is 0 Å². The molecule has 0 amide bonds. The summed E-state index contributed by atoms with van der Waals surface area (Å²) in [5.41, 5.74) is 0. The lowest BCUT2D eigenvalue weighted by molar-refractivity contribution is 0.543. The summed E-state index contributed by atoms with van der Waals surface area (Å²) in [6.07, 6.45) is 7.91. The molecule has 0 bridgehead atoms. The molecule has 4 heteroatoms. The summed E-state index contributed by atoms with van der Waals surface area (Å²) in [5.74, 6) is 3.02. The van der Waals surface area contributed by atoms with Crippen molar-refractivity contribution >= 4 is 9.84 Å². The number of rotatable bonds is 8. The molecule has 3 nitrogen and oxygen atoms in total. The molecule has 0 aliphatic heterocycles. The van der Waals surface area contributed by atoms with E-state index in [1.54, 1.807) is 6.92 Å². The highest BCUT2D eigenvalue weighted by molar-refractivity contribution is 7.91. The average Bonchev–Trinajstić information content (AvgIpc) is 2.17. The minimum Gasteiger partial charge on any atom is -0.313 e. The lowest BCUT2D eigenvalue weighted by Crippen LogP contribution is -2.34. The van der Waals surface area contributed by atoms with Crippen molar-refractivity contribution in [2.75, 3.05) is 18.1 Å². The van der Waals surface area contributed by atoms with Gasteiger partial charge in [-0.1, -0.05) is 6.92 Å². The molecule has 1 atom stereocenters. The Morgan fingerprint density at radius 1 is 1.40 bits per heavy atom. The van der Waals surface area contributed by atoms with E-state index in [0.29, 0.717) is 0 Å². The van der Waals surface area contributed by atoms with E-state index in [9.17, 15) is 8.42 Å². The highest BCUT2D eigenvalue weighted by atomic mass is 32.2. The predicted octanol–water partition coefficient (Wildman–Crippen LogP) is 1.20. The molecule has 0 rings (SSSR count). The van der Waals surface area contributed by atoms with Crippen LogP contribution < -0.4 is 5.32 Å². The first-order valence-electron chi connectivity index (χ1n) is 5.39. The molecule has 0 fully saturated rings. The molecule has 0 radical (unpaired) electrons. The summed E-state index contributed by atoms with van der Waals surface area (Å²) in [5, 5.41) is 3.18. The van der Waals surface area contributed by atoms with E-state index >= 15 is 0 Å². The highest BCUT2D eigenvalue weighted by Gasteiger charge is 2.12. The molecule has 1 unspecified atom stereocenters. The maximum atomic E-state index is 11.3. The van der Waals surface area contributed by atoms with Crippen molar-refractivity contribution in [3.05, 3.63) is 0 Å². The second-order valence-electron chi connectivity index (χ2n) is 3.72. The van der Waals surface area contributed by atoms with E-state index in [0.717, 1.165) is 25.8 Å². The lowest BCUT2D eigenvalue weighted by atomic mass is 10.2. The minimum absolute atomic E-state index is 0.0285. The van der Waals surface area contributed by atoms with Gasteiger partial charge in [-0.05, 0) is 26.3 Å². The third-order valence-corrected chi connectivity index (χ3v) is 4.07. The van der Waals surface area contributed by atoms with E-state index in [4.69, 9.17) is 6.42 Å². The van der Waals surface area contributed by atoms with Gasteiger partial charge in [0.25, 0.3) is 0 Å². The maximum Gasteiger partial charge on any atom is 0.151 e. The molecule has 0 saturated carbocycles. The Kier molecular flexibility index (Phi) is 7.45. The van der Waals surface area contributed by atoms with Crippen molar-refractivity contribution in [2.45, 2.75) is 39.2 Å². The number of hydrogen-bond acceptors (Lipinski definition) is 3. The van der Waals surface area contributed by atoms with Crippen LogP contribution in [-0.2, 0) is 9.84 Å². The molecule has 88 valence electrons. The molecule has 0 spiro atoms. The molecule has 0 aliphatic rings. The molecule has 0 aliphatic carbocycles. The quantitative estimate of drug-likeness (QED) is 0.504. The first-order valence-corrected chi connectivity index (χ1v) is 7.21. The fourth-order valence-corrected chi connectivity index (χ4v) is 2.37. The van der Waals surface area contributed by atoms with E-state index in [2.05, 4.69) is 11.2 Å². The van der Waals surface area contributed by atoms with Gasteiger partial charge in [0.05, 0.1) is 5.75 Å². The maximum absolute atomic E-state index is 11.3. The first kappa shape index (κ1) is 14.5. The Morgan fingerprint density at radius 2 is 2.07 bits per heavy atom. The van der Waals surface area contributed by atoms with Gasteiger partial charge in [0, 0.05) is 18.2 Å². The van der Waals surface area contributed by atoms with Gasteiger partial charge in [0.15, 0.2) is 9.84 Å². The van der Waals surface area contributed by atoms with Crippen LogP contribution in [0.3, 0.4) is 0 Å². The molecular formula is C11H21NO2S. The molecule has 15 heavy (non-hydrogen) atoms. The molecule has 0 saturated heterocycles. The van der Waals surface area contributed by atoms with Gasteiger partial charge in [-0.2, -0.15) is 0 Å².